The number of benzene rings is 2. The van der Waals surface area contributed by atoms with Crippen molar-refractivity contribution < 1.29 is 32.9 Å². The second kappa shape index (κ2) is 8.88. The molecule has 0 unspecified atom stereocenters. The molecule has 0 aliphatic heterocycles. The predicted molar refractivity (Wildman–Crippen MR) is 96.0 cm³/mol. The van der Waals surface area contributed by atoms with Crippen molar-refractivity contribution in [2.75, 3.05) is 26.6 Å². The molecule has 0 aliphatic rings. The highest BCUT2D eigenvalue weighted by molar-refractivity contribution is 5.97. The summed E-state index contributed by atoms with van der Waals surface area (Å²) in [5.74, 6) is -1.12. The van der Waals surface area contributed by atoms with Crippen LogP contribution in [-0.2, 0) is 9.53 Å². The van der Waals surface area contributed by atoms with E-state index in [2.05, 4.69) is 5.32 Å². The number of amides is 1. The van der Waals surface area contributed by atoms with Gasteiger partial charge in [0.15, 0.2) is 29.2 Å². The van der Waals surface area contributed by atoms with Gasteiger partial charge in [-0.2, -0.15) is 0 Å². The van der Waals surface area contributed by atoms with Crippen LogP contribution in [0.3, 0.4) is 0 Å². The summed E-state index contributed by atoms with van der Waals surface area (Å²) in [4.78, 5) is 24.3. The summed E-state index contributed by atoms with van der Waals surface area (Å²) in [5, 5.41) is 2.61. The van der Waals surface area contributed by atoms with Gasteiger partial charge in [-0.3, -0.25) is 4.79 Å². The van der Waals surface area contributed by atoms with Crippen LogP contribution in [0.4, 0.5) is 10.1 Å². The number of rotatable bonds is 7. The Kier molecular flexibility index (Phi) is 6.59. The average Bonchev–Trinajstić information content (AvgIpc) is 2.67. The minimum Gasteiger partial charge on any atom is -0.494 e. The van der Waals surface area contributed by atoms with E-state index in [-0.39, 0.29) is 11.3 Å². The van der Waals surface area contributed by atoms with Crippen LogP contribution in [0.15, 0.2) is 36.4 Å². The fourth-order valence-corrected chi connectivity index (χ4v) is 2.23. The number of esters is 1. The van der Waals surface area contributed by atoms with Crippen molar-refractivity contribution in [2.45, 2.75) is 13.0 Å². The van der Waals surface area contributed by atoms with Crippen molar-refractivity contribution in [1.82, 2.24) is 0 Å². The third-order valence-corrected chi connectivity index (χ3v) is 3.69. The Morgan fingerprint density at radius 3 is 2.15 bits per heavy atom. The van der Waals surface area contributed by atoms with E-state index in [0.717, 1.165) is 6.07 Å². The molecule has 27 heavy (non-hydrogen) atoms. The molecule has 2 aromatic rings. The minimum absolute atomic E-state index is 0.00537. The second-order valence-electron chi connectivity index (χ2n) is 5.46. The Morgan fingerprint density at radius 1 is 0.926 bits per heavy atom. The van der Waals surface area contributed by atoms with Crippen molar-refractivity contribution in [3.63, 3.8) is 0 Å². The smallest absolute Gasteiger partial charge is 0.339 e. The minimum atomic E-state index is -1.10. The van der Waals surface area contributed by atoms with E-state index in [0.29, 0.717) is 17.2 Å². The Labute approximate surface area is 156 Å². The van der Waals surface area contributed by atoms with Crippen LogP contribution in [0.25, 0.3) is 0 Å². The number of carbonyl (C=O) groups is 2. The number of methoxy groups -OCH3 is 3. The van der Waals surface area contributed by atoms with Crippen LogP contribution in [-0.4, -0.2) is 39.3 Å². The molecule has 0 radical (unpaired) electrons. The SMILES string of the molecule is COc1ccc(C(=O)O[C@@H](C)C(=O)Nc2ccc(OC)c(OC)c2)cc1F. The highest BCUT2D eigenvalue weighted by atomic mass is 19.1. The fraction of sp³-hybridized carbons (Fsp3) is 0.263. The first-order chi connectivity index (χ1) is 12.9. The number of hydrogen-bond acceptors (Lipinski definition) is 6. The number of carbonyl (C=O) groups excluding carboxylic acids is 2. The Bertz CT molecular complexity index is 839. The molecule has 2 rings (SSSR count). The molecule has 0 saturated heterocycles. The monoisotopic (exact) mass is 377 g/mol. The molecule has 0 heterocycles. The van der Waals surface area contributed by atoms with Crippen LogP contribution in [0, 0.1) is 5.82 Å². The molecule has 8 heteroatoms. The number of ether oxygens (including phenoxy) is 4. The molecule has 0 bridgehead atoms. The first-order valence-corrected chi connectivity index (χ1v) is 7.97. The summed E-state index contributed by atoms with van der Waals surface area (Å²) in [7, 11) is 4.29. The summed E-state index contributed by atoms with van der Waals surface area (Å²) in [6.07, 6.45) is -1.10. The predicted octanol–water partition coefficient (Wildman–Crippen LogP) is 3.04. The lowest BCUT2D eigenvalue weighted by molar-refractivity contribution is -0.123. The first-order valence-electron chi connectivity index (χ1n) is 7.97. The van der Waals surface area contributed by atoms with Gasteiger partial charge in [0, 0.05) is 11.8 Å². The van der Waals surface area contributed by atoms with E-state index in [1.54, 1.807) is 18.2 Å². The molecule has 7 nitrogen and oxygen atoms in total. The van der Waals surface area contributed by atoms with E-state index in [4.69, 9.17) is 18.9 Å². The molecule has 0 spiro atoms. The van der Waals surface area contributed by atoms with Crippen molar-refractivity contribution >= 4 is 17.6 Å². The van der Waals surface area contributed by atoms with E-state index in [1.807, 2.05) is 0 Å². The maximum Gasteiger partial charge on any atom is 0.339 e. The molecular weight excluding hydrogens is 357 g/mol. The third-order valence-electron chi connectivity index (χ3n) is 3.69. The zero-order chi connectivity index (χ0) is 20.0. The highest BCUT2D eigenvalue weighted by Crippen LogP contribution is 2.29. The highest BCUT2D eigenvalue weighted by Gasteiger charge is 2.20. The van der Waals surface area contributed by atoms with E-state index in [9.17, 15) is 14.0 Å². The molecule has 1 atom stereocenters. The van der Waals surface area contributed by atoms with Crippen molar-refractivity contribution in [3.8, 4) is 17.2 Å². The van der Waals surface area contributed by atoms with Gasteiger partial charge in [-0.25, -0.2) is 9.18 Å². The molecular formula is C19H20FNO6. The molecule has 2 aromatic carbocycles. The Hall–Kier alpha value is -3.29. The molecule has 144 valence electrons. The van der Waals surface area contributed by atoms with Crippen LogP contribution in [0.5, 0.6) is 17.2 Å². The molecule has 1 amide bonds. The van der Waals surface area contributed by atoms with Crippen LogP contribution >= 0.6 is 0 Å². The summed E-state index contributed by atoms with van der Waals surface area (Å²) >= 11 is 0. The van der Waals surface area contributed by atoms with Gasteiger partial charge in [-0.05, 0) is 37.3 Å². The summed E-state index contributed by atoms with van der Waals surface area (Å²) < 4.78 is 33.9. The average molecular weight is 377 g/mol. The Morgan fingerprint density at radius 2 is 1.56 bits per heavy atom. The van der Waals surface area contributed by atoms with Gasteiger partial charge in [-0.1, -0.05) is 0 Å². The molecule has 1 N–H and O–H groups in total. The quantitative estimate of drug-likeness (QED) is 0.747. The first kappa shape index (κ1) is 20.0. The Balaban J connectivity index is 2.03. The topological polar surface area (TPSA) is 83.1 Å². The fourth-order valence-electron chi connectivity index (χ4n) is 2.23. The maximum absolute atomic E-state index is 13.7. The van der Waals surface area contributed by atoms with Gasteiger partial charge < -0.3 is 24.3 Å². The van der Waals surface area contributed by atoms with Crippen LogP contribution in [0.2, 0.25) is 0 Å². The second-order valence-corrected chi connectivity index (χ2v) is 5.46. The number of hydrogen-bond donors (Lipinski definition) is 1. The van der Waals surface area contributed by atoms with Gasteiger partial charge in [0.2, 0.25) is 0 Å². The third kappa shape index (κ3) is 4.87. The summed E-state index contributed by atoms with van der Waals surface area (Å²) in [6, 6.07) is 8.46. The zero-order valence-electron chi connectivity index (χ0n) is 15.4. The van der Waals surface area contributed by atoms with Crippen LogP contribution < -0.4 is 19.5 Å². The number of nitrogens with one attached hydrogen (secondary N) is 1. The van der Waals surface area contributed by atoms with Crippen molar-refractivity contribution in [2.24, 2.45) is 0 Å². The van der Waals surface area contributed by atoms with E-state index < -0.39 is 23.8 Å². The summed E-state index contributed by atoms with van der Waals surface area (Å²) in [5.41, 5.74) is 0.412. The lowest BCUT2D eigenvalue weighted by Gasteiger charge is -2.15. The van der Waals surface area contributed by atoms with Gasteiger partial charge in [0.05, 0.1) is 26.9 Å². The number of halogens is 1. The van der Waals surface area contributed by atoms with Gasteiger partial charge in [-0.15, -0.1) is 0 Å². The lowest BCUT2D eigenvalue weighted by Crippen LogP contribution is -2.30. The van der Waals surface area contributed by atoms with Gasteiger partial charge >= 0.3 is 5.97 Å². The van der Waals surface area contributed by atoms with E-state index >= 15 is 0 Å². The van der Waals surface area contributed by atoms with Gasteiger partial charge in [0.1, 0.15) is 0 Å². The lowest BCUT2D eigenvalue weighted by atomic mass is 10.2. The zero-order valence-corrected chi connectivity index (χ0v) is 15.4. The van der Waals surface area contributed by atoms with Crippen LogP contribution in [0.1, 0.15) is 17.3 Å². The van der Waals surface area contributed by atoms with Crippen molar-refractivity contribution in [1.29, 1.82) is 0 Å². The standard InChI is InChI=1S/C19H20FNO6/c1-11(27-19(23)12-5-7-15(24-2)14(20)9-12)18(22)21-13-6-8-16(25-3)17(10-13)26-4/h5-11H,1-4H3,(H,21,22)/t11-/m0/s1. The molecule has 0 saturated carbocycles. The molecule has 0 aliphatic carbocycles. The largest absolute Gasteiger partial charge is 0.494 e. The molecule has 0 aromatic heterocycles. The van der Waals surface area contributed by atoms with Gasteiger partial charge in [0.25, 0.3) is 5.91 Å². The van der Waals surface area contributed by atoms with E-state index in [1.165, 1.54) is 40.4 Å². The van der Waals surface area contributed by atoms with Crippen molar-refractivity contribution in [3.05, 3.63) is 47.8 Å². The normalized spacial score (nSPS) is 11.3. The number of anilines is 1. The maximum atomic E-state index is 13.7. The molecule has 0 fully saturated rings. The summed E-state index contributed by atoms with van der Waals surface area (Å²) in [6.45, 7) is 1.41.